The summed E-state index contributed by atoms with van der Waals surface area (Å²) in [5.74, 6) is 1.62. The molecule has 0 radical (unpaired) electrons. The van der Waals surface area contributed by atoms with Crippen molar-refractivity contribution >= 4 is 10.0 Å². The zero-order valence-electron chi connectivity index (χ0n) is 15.1. The summed E-state index contributed by atoms with van der Waals surface area (Å²) in [4.78, 5) is 0.0856. The molecule has 0 spiro atoms. The van der Waals surface area contributed by atoms with Gasteiger partial charge in [-0.2, -0.15) is 4.31 Å². The van der Waals surface area contributed by atoms with Crippen LogP contribution in [0, 0.1) is 13.8 Å². The van der Waals surface area contributed by atoms with E-state index in [2.05, 4.69) is 5.16 Å². The summed E-state index contributed by atoms with van der Waals surface area (Å²) < 4.78 is 47.7. The van der Waals surface area contributed by atoms with Crippen LogP contribution < -0.4 is 14.2 Å². The van der Waals surface area contributed by atoms with E-state index in [0.29, 0.717) is 28.5 Å². The van der Waals surface area contributed by atoms with Crippen LogP contribution in [-0.4, -0.2) is 46.3 Å². The maximum absolute atomic E-state index is 12.8. The lowest BCUT2D eigenvalue weighted by Crippen LogP contribution is -2.27. The number of benzene rings is 1. The SMILES string of the molecule is COc1cc(CN(C)S(=O)(=O)c2c(C)noc2C)cc(OC)c1OC. The highest BCUT2D eigenvalue weighted by Crippen LogP contribution is 2.38. The Bertz CT molecular complexity index is 815. The van der Waals surface area contributed by atoms with Gasteiger partial charge in [0.2, 0.25) is 15.8 Å². The van der Waals surface area contributed by atoms with E-state index in [-0.39, 0.29) is 17.2 Å². The molecule has 25 heavy (non-hydrogen) atoms. The van der Waals surface area contributed by atoms with Crippen LogP contribution in [0.3, 0.4) is 0 Å². The van der Waals surface area contributed by atoms with Crippen molar-refractivity contribution in [1.29, 1.82) is 0 Å². The van der Waals surface area contributed by atoms with Crippen LogP contribution in [0.2, 0.25) is 0 Å². The van der Waals surface area contributed by atoms with Crippen molar-refractivity contribution in [3.63, 3.8) is 0 Å². The van der Waals surface area contributed by atoms with Gasteiger partial charge in [0.25, 0.3) is 0 Å². The summed E-state index contributed by atoms with van der Waals surface area (Å²) in [5, 5.41) is 3.71. The molecule has 0 saturated heterocycles. The molecule has 1 aromatic carbocycles. The molecule has 0 saturated carbocycles. The molecule has 2 aromatic rings. The third-order valence-corrected chi connectivity index (χ3v) is 5.81. The average Bonchev–Trinajstić information content (AvgIpc) is 2.92. The van der Waals surface area contributed by atoms with Crippen LogP contribution in [0.1, 0.15) is 17.0 Å². The van der Waals surface area contributed by atoms with Crippen LogP contribution in [0.4, 0.5) is 0 Å². The molecule has 0 fully saturated rings. The van der Waals surface area contributed by atoms with Crippen LogP contribution in [0.25, 0.3) is 0 Å². The van der Waals surface area contributed by atoms with Gasteiger partial charge in [-0.25, -0.2) is 8.42 Å². The Hall–Kier alpha value is -2.26. The van der Waals surface area contributed by atoms with Crippen LogP contribution >= 0.6 is 0 Å². The van der Waals surface area contributed by atoms with E-state index in [1.165, 1.54) is 32.7 Å². The molecule has 0 N–H and O–H groups in total. The Labute approximate surface area is 147 Å². The van der Waals surface area contributed by atoms with Crippen molar-refractivity contribution in [2.75, 3.05) is 28.4 Å². The Morgan fingerprint density at radius 3 is 2.04 bits per heavy atom. The van der Waals surface area contributed by atoms with E-state index in [1.807, 2.05) is 0 Å². The number of ether oxygens (including phenoxy) is 3. The van der Waals surface area contributed by atoms with Gasteiger partial charge in [0.1, 0.15) is 10.6 Å². The number of nitrogens with zero attached hydrogens (tertiary/aromatic N) is 2. The highest BCUT2D eigenvalue weighted by molar-refractivity contribution is 7.89. The largest absolute Gasteiger partial charge is 0.493 e. The smallest absolute Gasteiger partial charge is 0.248 e. The molecule has 9 heteroatoms. The molecule has 2 rings (SSSR count). The summed E-state index contributed by atoms with van der Waals surface area (Å²) >= 11 is 0. The maximum Gasteiger partial charge on any atom is 0.248 e. The summed E-state index contributed by atoms with van der Waals surface area (Å²) in [7, 11) is 2.26. The van der Waals surface area contributed by atoms with Crippen molar-refractivity contribution in [3.8, 4) is 17.2 Å². The van der Waals surface area contributed by atoms with Crippen LogP contribution in [-0.2, 0) is 16.6 Å². The van der Waals surface area contributed by atoms with Gasteiger partial charge in [0.15, 0.2) is 17.3 Å². The highest BCUT2D eigenvalue weighted by Gasteiger charge is 2.29. The number of aromatic nitrogens is 1. The molecule has 0 bridgehead atoms. The molecule has 1 aromatic heterocycles. The molecule has 0 atom stereocenters. The summed E-state index contributed by atoms with van der Waals surface area (Å²) in [6, 6.07) is 3.42. The van der Waals surface area contributed by atoms with Gasteiger partial charge in [-0.05, 0) is 31.5 Å². The lowest BCUT2D eigenvalue weighted by molar-refractivity contribution is 0.323. The lowest BCUT2D eigenvalue weighted by Gasteiger charge is -2.19. The molecule has 0 aliphatic carbocycles. The predicted octanol–water partition coefficient (Wildman–Crippen LogP) is 2.14. The second-order valence-corrected chi connectivity index (χ2v) is 7.43. The van der Waals surface area contributed by atoms with E-state index in [0.717, 1.165) is 0 Å². The summed E-state index contributed by atoms with van der Waals surface area (Å²) in [6.07, 6.45) is 0. The fourth-order valence-electron chi connectivity index (χ4n) is 2.57. The molecule has 0 amide bonds. The topological polar surface area (TPSA) is 91.1 Å². The molecule has 138 valence electrons. The third kappa shape index (κ3) is 3.57. The average molecular weight is 370 g/mol. The Morgan fingerprint density at radius 1 is 1.08 bits per heavy atom. The van der Waals surface area contributed by atoms with E-state index >= 15 is 0 Å². The number of methoxy groups -OCH3 is 3. The first-order valence-corrected chi connectivity index (χ1v) is 8.88. The highest BCUT2D eigenvalue weighted by atomic mass is 32.2. The molecule has 1 heterocycles. The van der Waals surface area contributed by atoms with Gasteiger partial charge in [-0.1, -0.05) is 5.16 Å². The summed E-state index contributed by atoms with van der Waals surface area (Å²) in [6.45, 7) is 3.28. The minimum atomic E-state index is -3.75. The van der Waals surface area contributed by atoms with Crippen molar-refractivity contribution in [2.24, 2.45) is 0 Å². The summed E-state index contributed by atoms with van der Waals surface area (Å²) in [5.41, 5.74) is 1.02. The quantitative estimate of drug-likeness (QED) is 0.737. The number of rotatable bonds is 7. The fraction of sp³-hybridized carbons (Fsp3) is 0.438. The van der Waals surface area contributed by atoms with Gasteiger partial charge < -0.3 is 18.7 Å². The van der Waals surface area contributed by atoms with E-state index < -0.39 is 10.0 Å². The third-order valence-electron chi connectivity index (χ3n) is 3.77. The second-order valence-electron chi connectivity index (χ2n) is 5.45. The number of aryl methyl sites for hydroxylation is 2. The number of sulfonamides is 1. The minimum absolute atomic E-state index is 0.0856. The van der Waals surface area contributed by atoms with Gasteiger partial charge >= 0.3 is 0 Å². The molecular formula is C16H22N2O6S. The standard InChI is InChI=1S/C16H22N2O6S/c1-10-16(11(2)24-17-10)25(19,20)18(3)9-12-7-13(21-4)15(23-6)14(8-12)22-5/h7-8H,9H2,1-6H3. The predicted molar refractivity (Wildman–Crippen MR) is 90.7 cm³/mol. The van der Waals surface area contributed by atoms with Gasteiger partial charge in [0.05, 0.1) is 21.3 Å². The van der Waals surface area contributed by atoms with Gasteiger partial charge in [-0.3, -0.25) is 0 Å². The van der Waals surface area contributed by atoms with E-state index in [1.54, 1.807) is 26.0 Å². The van der Waals surface area contributed by atoms with Crippen molar-refractivity contribution in [1.82, 2.24) is 9.46 Å². The molecule has 8 nitrogen and oxygen atoms in total. The zero-order valence-corrected chi connectivity index (χ0v) is 15.9. The Morgan fingerprint density at radius 2 is 1.64 bits per heavy atom. The Balaban J connectivity index is 2.39. The lowest BCUT2D eigenvalue weighted by atomic mass is 10.2. The number of hydrogen-bond donors (Lipinski definition) is 0. The first-order chi connectivity index (χ1) is 11.8. The fourth-order valence-corrected chi connectivity index (χ4v) is 4.01. The Kier molecular flexibility index (Phi) is 5.58. The molecular weight excluding hydrogens is 348 g/mol. The van der Waals surface area contributed by atoms with E-state index in [9.17, 15) is 8.42 Å². The first kappa shape index (κ1) is 19.1. The molecule has 0 aliphatic heterocycles. The van der Waals surface area contributed by atoms with Crippen molar-refractivity contribution in [2.45, 2.75) is 25.3 Å². The molecule has 0 aliphatic rings. The first-order valence-electron chi connectivity index (χ1n) is 7.44. The van der Waals surface area contributed by atoms with Crippen molar-refractivity contribution in [3.05, 3.63) is 29.2 Å². The number of hydrogen-bond acceptors (Lipinski definition) is 7. The normalized spacial score (nSPS) is 11.6. The van der Waals surface area contributed by atoms with Crippen LogP contribution in [0.5, 0.6) is 17.2 Å². The monoisotopic (exact) mass is 370 g/mol. The minimum Gasteiger partial charge on any atom is -0.493 e. The zero-order chi connectivity index (χ0) is 18.8. The van der Waals surface area contributed by atoms with E-state index in [4.69, 9.17) is 18.7 Å². The van der Waals surface area contributed by atoms with Gasteiger partial charge in [-0.15, -0.1) is 0 Å². The molecule has 0 unspecified atom stereocenters. The van der Waals surface area contributed by atoms with Gasteiger partial charge in [0, 0.05) is 13.6 Å². The second kappa shape index (κ2) is 7.32. The van der Waals surface area contributed by atoms with Crippen LogP contribution in [0.15, 0.2) is 21.6 Å². The van der Waals surface area contributed by atoms with Crippen molar-refractivity contribution < 1.29 is 27.2 Å². The maximum atomic E-state index is 12.8.